The monoisotopic (exact) mass is 496 g/mol. The largest absolute Gasteiger partial charge is 0.472 e. The van der Waals surface area contributed by atoms with Crippen molar-refractivity contribution in [2.24, 2.45) is 0 Å². The molecular weight excluding hydrogens is 445 g/mol. The predicted molar refractivity (Wildman–Crippen MR) is 132 cm³/mol. The summed E-state index contributed by atoms with van der Waals surface area (Å²) in [4.78, 5) is 22.0. The second-order valence-corrected chi connectivity index (χ2v) is 11.4. The van der Waals surface area contributed by atoms with Gasteiger partial charge in [0.05, 0.1) is 34.4 Å². The second kappa shape index (κ2) is 18.8. The molecule has 9 heteroatoms. The number of rotatable bonds is 22. The predicted octanol–water partition coefficient (Wildman–Crippen LogP) is 5.21. The van der Waals surface area contributed by atoms with E-state index >= 15 is 0 Å². The standard InChI is InChI=1S/C24H50NO7P/c1-6-8-9-10-11-12-13-14-15-16-17-18-24(27)31-23(20-26)21-30-33(28,29)32-22(7-2)19-25(3,4)5/h22-23,26H,6-21H2,1-5H3/p+1/t22?,23-/m0/s1. The van der Waals surface area contributed by atoms with Crippen molar-refractivity contribution in [2.45, 2.75) is 110 Å². The molecule has 0 rings (SSSR count). The van der Waals surface area contributed by atoms with Crippen LogP contribution < -0.4 is 0 Å². The van der Waals surface area contributed by atoms with E-state index in [1.165, 1.54) is 51.4 Å². The number of carbonyl (C=O) groups excluding carboxylic acids is 1. The Bertz CT molecular complexity index is 539. The highest BCUT2D eigenvalue weighted by Crippen LogP contribution is 2.45. The van der Waals surface area contributed by atoms with Crippen LogP contribution in [0.25, 0.3) is 0 Å². The van der Waals surface area contributed by atoms with Crippen LogP contribution in [0.2, 0.25) is 0 Å². The second-order valence-electron chi connectivity index (χ2n) is 9.95. The summed E-state index contributed by atoms with van der Waals surface area (Å²) >= 11 is 0. The molecule has 0 saturated heterocycles. The van der Waals surface area contributed by atoms with Crippen LogP contribution in [-0.4, -0.2) is 73.6 Å². The normalized spacial score (nSPS) is 15.7. The maximum atomic E-state index is 12.2. The summed E-state index contributed by atoms with van der Waals surface area (Å²) in [5, 5.41) is 9.44. The van der Waals surface area contributed by atoms with Gasteiger partial charge in [0.15, 0.2) is 0 Å². The highest BCUT2D eigenvalue weighted by molar-refractivity contribution is 7.47. The van der Waals surface area contributed by atoms with E-state index in [0.29, 0.717) is 17.4 Å². The van der Waals surface area contributed by atoms with Gasteiger partial charge in [-0.2, -0.15) is 0 Å². The van der Waals surface area contributed by atoms with Crippen LogP contribution in [0.3, 0.4) is 0 Å². The van der Waals surface area contributed by atoms with Gasteiger partial charge in [0, 0.05) is 6.42 Å². The zero-order valence-corrected chi connectivity index (χ0v) is 22.7. The van der Waals surface area contributed by atoms with Gasteiger partial charge in [-0.3, -0.25) is 13.8 Å². The average Bonchev–Trinajstić information content (AvgIpc) is 2.73. The highest BCUT2D eigenvalue weighted by Gasteiger charge is 2.30. The van der Waals surface area contributed by atoms with Gasteiger partial charge in [0.2, 0.25) is 0 Å². The van der Waals surface area contributed by atoms with Crippen molar-refractivity contribution < 1.29 is 37.6 Å². The lowest BCUT2D eigenvalue weighted by molar-refractivity contribution is -0.873. The molecule has 0 aliphatic heterocycles. The van der Waals surface area contributed by atoms with E-state index in [1.807, 2.05) is 28.1 Å². The molecule has 0 radical (unpaired) electrons. The molecule has 198 valence electrons. The summed E-state index contributed by atoms with van der Waals surface area (Å²) in [7, 11) is 1.57. The molecule has 0 aromatic heterocycles. The molecule has 0 spiro atoms. The van der Waals surface area contributed by atoms with E-state index in [1.54, 1.807) is 0 Å². The van der Waals surface area contributed by atoms with Gasteiger partial charge in [-0.15, -0.1) is 0 Å². The van der Waals surface area contributed by atoms with Crippen LogP contribution in [0.15, 0.2) is 0 Å². The number of phosphoric ester groups is 1. The number of nitrogens with zero attached hydrogens (tertiary/aromatic N) is 1. The Hall–Kier alpha value is -0.500. The number of phosphoric acid groups is 1. The number of likely N-dealkylation sites (N-methyl/N-ethyl adjacent to an activating group) is 1. The van der Waals surface area contributed by atoms with E-state index < -0.39 is 39.2 Å². The fraction of sp³-hybridized carbons (Fsp3) is 0.958. The smallest absolute Gasteiger partial charge is 0.457 e. The van der Waals surface area contributed by atoms with Crippen LogP contribution in [0.5, 0.6) is 0 Å². The quantitative estimate of drug-likeness (QED) is 0.0918. The summed E-state index contributed by atoms with van der Waals surface area (Å²) in [6, 6.07) is 0. The maximum Gasteiger partial charge on any atom is 0.472 e. The van der Waals surface area contributed by atoms with Crippen molar-refractivity contribution >= 4 is 13.8 Å². The number of carbonyl (C=O) groups is 1. The molecule has 3 atom stereocenters. The molecule has 0 fully saturated rings. The minimum atomic E-state index is -4.32. The van der Waals surface area contributed by atoms with Crippen LogP contribution >= 0.6 is 7.82 Å². The van der Waals surface area contributed by atoms with Crippen LogP contribution in [0.4, 0.5) is 0 Å². The van der Waals surface area contributed by atoms with Gasteiger partial charge in [-0.05, 0) is 12.8 Å². The molecule has 0 aromatic carbocycles. The molecule has 33 heavy (non-hydrogen) atoms. The highest BCUT2D eigenvalue weighted by atomic mass is 31.2. The first kappa shape index (κ1) is 32.5. The summed E-state index contributed by atoms with van der Waals surface area (Å²) in [6.07, 6.45) is 12.5. The lowest BCUT2D eigenvalue weighted by atomic mass is 10.1. The Morgan fingerprint density at radius 2 is 1.39 bits per heavy atom. The number of aliphatic hydroxyl groups is 1. The Morgan fingerprint density at radius 1 is 0.879 bits per heavy atom. The lowest BCUT2D eigenvalue weighted by Crippen LogP contribution is -2.42. The van der Waals surface area contributed by atoms with Crippen molar-refractivity contribution in [3.8, 4) is 0 Å². The summed E-state index contributed by atoms with van der Waals surface area (Å²) in [5.41, 5.74) is 0. The number of hydrogen-bond donors (Lipinski definition) is 2. The third-order valence-electron chi connectivity index (χ3n) is 5.40. The van der Waals surface area contributed by atoms with Crippen molar-refractivity contribution in [3.05, 3.63) is 0 Å². The van der Waals surface area contributed by atoms with Crippen molar-refractivity contribution in [1.82, 2.24) is 0 Å². The number of aliphatic hydroxyl groups excluding tert-OH is 1. The van der Waals surface area contributed by atoms with Crippen LogP contribution in [0.1, 0.15) is 97.3 Å². The number of esters is 1. The SMILES string of the molecule is CCCCCCCCCCCCCC(=O)O[C@@H](CO)COP(=O)(O)OC(CC)C[N+](C)(C)C. The van der Waals surface area contributed by atoms with Gasteiger partial charge in [0.25, 0.3) is 0 Å². The molecule has 8 nitrogen and oxygen atoms in total. The van der Waals surface area contributed by atoms with Crippen molar-refractivity contribution in [2.75, 3.05) is 40.9 Å². The van der Waals surface area contributed by atoms with Gasteiger partial charge in [-0.25, -0.2) is 4.57 Å². The van der Waals surface area contributed by atoms with Gasteiger partial charge < -0.3 is 19.2 Å². The Balaban J connectivity index is 4.02. The van der Waals surface area contributed by atoms with E-state index in [9.17, 15) is 19.4 Å². The molecule has 0 bridgehead atoms. The van der Waals surface area contributed by atoms with E-state index in [0.717, 1.165) is 19.3 Å². The number of ether oxygens (including phenoxy) is 1. The number of quaternary nitrogens is 1. The molecule has 0 heterocycles. The van der Waals surface area contributed by atoms with E-state index in [-0.39, 0.29) is 6.42 Å². The molecule has 2 N–H and O–H groups in total. The minimum absolute atomic E-state index is 0.266. The summed E-state index contributed by atoms with van der Waals surface area (Å²) in [6.45, 7) is 3.76. The average molecular weight is 497 g/mol. The van der Waals surface area contributed by atoms with Gasteiger partial charge in [0.1, 0.15) is 18.8 Å². The van der Waals surface area contributed by atoms with Crippen LogP contribution in [0, 0.1) is 0 Å². The lowest BCUT2D eigenvalue weighted by Gasteiger charge is -2.29. The fourth-order valence-electron chi connectivity index (χ4n) is 3.55. The Kier molecular flexibility index (Phi) is 18.5. The van der Waals surface area contributed by atoms with Crippen molar-refractivity contribution in [1.29, 1.82) is 0 Å². The first-order valence-corrected chi connectivity index (χ1v) is 14.3. The molecule has 0 amide bonds. The molecule has 0 aliphatic carbocycles. The fourth-order valence-corrected chi connectivity index (χ4v) is 4.55. The first-order valence-electron chi connectivity index (χ1n) is 12.8. The van der Waals surface area contributed by atoms with E-state index in [4.69, 9.17) is 13.8 Å². The summed E-state index contributed by atoms with van der Waals surface area (Å²) < 4.78 is 28.3. The minimum Gasteiger partial charge on any atom is -0.457 e. The van der Waals surface area contributed by atoms with Gasteiger partial charge >= 0.3 is 13.8 Å². The number of hydrogen-bond acceptors (Lipinski definition) is 6. The van der Waals surface area contributed by atoms with E-state index in [2.05, 4.69) is 6.92 Å². The third kappa shape index (κ3) is 20.6. The third-order valence-corrected chi connectivity index (χ3v) is 6.44. The molecule has 0 aliphatic rings. The first-order chi connectivity index (χ1) is 15.5. The van der Waals surface area contributed by atoms with Crippen LogP contribution in [-0.2, 0) is 23.1 Å². The Morgan fingerprint density at radius 3 is 1.85 bits per heavy atom. The zero-order chi connectivity index (χ0) is 25.2. The molecule has 0 saturated carbocycles. The summed E-state index contributed by atoms with van der Waals surface area (Å²) in [5.74, 6) is -0.432. The zero-order valence-electron chi connectivity index (χ0n) is 21.8. The molecule has 0 aromatic rings. The van der Waals surface area contributed by atoms with Crippen molar-refractivity contribution in [3.63, 3.8) is 0 Å². The number of unbranched alkanes of at least 4 members (excludes halogenated alkanes) is 10. The van der Waals surface area contributed by atoms with Gasteiger partial charge in [-0.1, -0.05) is 78.1 Å². The maximum absolute atomic E-state index is 12.2. The molecular formula is C24H51NO7P+. The Labute approximate surface area is 202 Å². The topological polar surface area (TPSA) is 102 Å². The molecule has 2 unspecified atom stereocenters.